The largest absolute Gasteiger partial charge is 0.491 e. The van der Waals surface area contributed by atoms with E-state index in [9.17, 15) is 18.4 Å². The second kappa shape index (κ2) is 10.3. The first-order valence-corrected chi connectivity index (χ1v) is 11.4. The molecule has 1 amide bonds. The van der Waals surface area contributed by atoms with Gasteiger partial charge in [0.25, 0.3) is 0 Å². The van der Waals surface area contributed by atoms with E-state index in [1.54, 1.807) is 23.2 Å². The van der Waals surface area contributed by atoms with Crippen LogP contribution in [0, 0.1) is 11.6 Å². The lowest BCUT2D eigenvalue weighted by atomic mass is 10.1. The van der Waals surface area contributed by atoms with Crippen LogP contribution in [0.5, 0.6) is 5.75 Å². The zero-order valence-electron chi connectivity index (χ0n) is 17.9. The molecular formula is C24H22F2N2O4S. The van der Waals surface area contributed by atoms with Crippen LogP contribution in [-0.4, -0.2) is 59.7 Å². The van der Waals surface area contributed by atoms with Gasteiger partial charge >= 0.3 is 0 Å². The van der Waals surface area contributed by atoms with Gasteiger partial charge in [-0.2, -0.15) is 0 Å². The van der Waals surface area contributed by atoms with Gasteiger partial charge in [-0.15, -0.1) is 11.8 Å². The smallest absolute Gasteiger partial charge is 0.233 e. The maximum atomic E-state index is 14.0. The summed E-state index contributed by atoms with van der Waals surface area (Å²) in [5.74, 6) is -0.923. The van der Waals surface area contributed by atoms with Crippen molar-refractivity contribution in [1.29, 1.82) is 0 Å². The molecular weight excluding hydrogens is 450 g/mol. The van der Waals surface area contributed by atoms with Gasteiger partial charge in [-0.05, 0) is 43.3 Å². The molecule has 0 aliphatic carbocycles. The highest BCUT2D eigenvalue weighted by Crippen LogP contribution is 2.27. The molecule has 1 aromatic heterocycles. The minimum atomic E-state index is -0.637. The normalized spacial score (nSPS) is 16.1. The van der Waals surface area contributed by atoms with Crippen molar-refractivity contribution in [1.82, 2.24) is 9.88 Å². The van der Waals surface area contributed by atoms with Crippen LogP contribution in [0.15, 0.2) is 53.6 Å². The Kier molecular flexibility index (Phi) is 7.20. The number of pyridine rings is 1. The number of carbonyl (C=O) groups is 2. The summed E-state index contributed by atoms with van der Waals surface area (Å²) in [4.78, 5) is 30.8. The summed E-state index contributed by atoms with van der Waals surface area (Å²) in [7, 11) is 0. The monoisotopic (exact) mass is 472 g/mol. The number of fused-ring (bicyclic) bond motifs is 1. The van der Waals surface area contributed by atoms with E-state index in [0.29, 0.717) is 30.6 Å². The molecule has 9 heteroatoms. The summed E-state index contributed by atoms with van der Waals surface area (Å²) in [6.07, 6.45) is 1.28. The van der Waals surface area contributed by atoms with Gasteiger partial charge in [0.2, 0.25) is 5.91 Å². The first kappa shape index (κ1) is 23.1. The van der Waals surface area contributed by atoms with Gasteiger partial charge in [0.05, 0.1) is 30.0 Å². The third kappa shape index (κ3) is 5.66. The fourth-order valence-corrected chi connectivity index (χ4v) is 4.49. The molecule has 1 fully saturated rings. The van der Waals surface area contributed by atoms with Crippen LogP contribution in [0.3, 0.4) is 0 Å². The zero-order valence-corrected chi connectivity index (χ0v) is 18.7. The van der Waals surface area contributed by atoms with Crippen molar-refractivity contribution in [3.05, 3.63) is 65.9 Å². The third-order valence-corrected chi connectivity index (χ3v) is 6.32. The summed E-state index contributed by atoms with van der Waals surface area (Å²) in [6.45, 7) is 2.62. The molecule has 0 saturated carbocycles. The van der Waals surface area contributed by atoms with Crippen LogP contribution >= 0.6 is 11.8 Å². The maximum absolute atomic E-state index is 14.0. The Morgan fingerprint density at radius 1 is 1.21 bits per heavy atom. The van der Waals surface area contributed by atoms with Crippen LogP contribution in [0.4, 0.5) is 8.78 Å². The highest BCUT2D eigenvalue weighted by atomic mass is 32.2. The topological polar surface area (TPSA) is 68.7 Å². The predicted molar refractivity (Wildman–Crippen MR) is 121 cm³/mol. The highest BCUT2D eigenvalue weighted by Gasteiger charge is 2.25. The fourth-order valence-electron chi connectivity index (χ4n) is 3.56. The Morgan fingerprint density at radius 3 is 2.85 bits per heavy atom. The number of aromatic nitrogens is 1. The molecule has 0 spiro atoms. The molecule has 2 heterocycles. The Morgan fingerprint density at radius 2 is 2.06 bits per heavy atom. The van der Waals surface area contributed by atoms with Crippen molar-refractivity contribution < 1.29 is 27.8 Å². The Balaban J connectivity index is 1.32. The standard InChI is InChI=1S/C24H22F2N2O4S/c1-15(29)19-4-3-17(11-21(19)26)32-13-18-12-28(8-9-31-18)24(30)14-33-23-6-7-27-22-5-2-16(25)10-20(22)23/h2-7,10-11,18H,8-9,12-14H2,1H3. The predicted octanol–water partition coefficient (Wildman–Crippen LogP) is 4.11. The summed E-state index contributed by atoms with van der Waals surface area (Å²) in [6, 6.07) is 10.2. The van der Waals surface area contributed by atoms with E-state index in [2.05, 4.69) is 4.98 Å². The van der Waals surface area contributed by atoms with Crippen LogP contribution < -0.4 is 4.74 Å². The van der Waals surface area contributed by atoms with Crippen LogP contribution in [0.25, 0.3) is 10.9 Å². The molecule has 4 rings (SSSR count). The van der Waals surface area contributed by atoms with E-state index in [-0.39, 0.29) is 47.3 Å². The van der Waals surface area contributed by atoms with Crippen LogP contribution in [0.2, 0.25) is 0 Å². The van der Waals surface area contributed by atoms with Crippen molar-refractivity contribution in [2.75, 3.05) is 32.1 Å². The number of benzene rings is 2. The molecule has 33 heavy (non-hydrogen) atoms. The molecule has 1 atom stereocenters. The number of hydrogen-bond donors (Lipinski definition) is 0. The van der Waals surface area contributed by atoms with Gasteiger partial charge in [-0.1, -0.05) is 0 Å². The number of halogens is 2. The lowest BCUT2D eigenvalue weighted by molar-refractivity contribution is -0.137. The van der Waals surface area contributed by atoms with Gasteiger partial charge in [0, 0.05) is 29.1 Å². The lowest BCUT2D eigenvalue weighted by Gasteiger charge is -2.32. The number of thioether (sulfide) groups is 1. The van der Waals surface area contributed by atoms with E-state index < -0.39 is 5.82 Å². The minimum Gasteiger partial charge on any atom is -0.491 e. The van der Waals surface area contributed by atoms with Gasteiger partial charge in [0.15, 0.2) is 5.78 Å². The summed E-state index contributed by atoms with van der Waals surface area (Å²) in [5, 5.41) is 0.673. The van der Waals surface area contributed by atoms with Crippen molar-refractivity contribution >= 4 is 34.4 Å². The number of ether oxygens (including phenoxy) is 2. The summed E-state index contributed by atoms with van der Waals surface area (Å²) < 4.78 is 38.9. The first-order valence-electron chi connectivity index (χ1n) is 10.4. The molecule has 3 aromatic rings. The van der Waals surface area contributed by atoms with E-state index >= 15 is 0 Å². The second-order valence-electron chi connectivity index (χ2n) is 7.60. The molecule has 0 bridgehead atoms. The van der Waals surface area contributed by atoms with Gasteiger partial charge in [-0.3, -0.25) is 14.6 Å². The van der Waals surface area contributed by atoms with Crippen molar-refractivity contribution in [3.8, 4) is 5.75 Å². The molecule has 1 aliphatic heterocycles. The first-order chi connectivity index (χ1) is 15.9. The Bertz CT molecular complexity index is 1190. The van der Waals surface area contributed by atoms with E-state index in [4.69, 9.17) is 9.47 Å². The molecule has 1 saturated heterocycles. The lowest BCUT2D eigenvalue weighted by Crippen LogP contribution is -2.48. The summed E-state index contributed by atoms with van der Waals surface area (Å²) >= 11 is 1.34. The quantitative estimate of drug-likeness (QED) is 0.381. The summed E-state index contributed by atoms with van der Waals surface area (Å²) in [5.41, 5.74) is 0.681. The average molecular weight is 473 g/mol. The number of Topliss-reactive ketones (excluding diaryl/α,β-unsaturated/α-hetero) is 1. The van der Waals surface area contributed by atoms with Crippen molar-refractivity contribution in [2.45, 2.75) is 17.9 Å². The number of ketones is 1. The second-order valence-corrected chi connectivity index (χ2v) is 8.62. The molecule has 172 valence electrons. The van der Waals surface area contributed by atoms with Gasteiger partial charge < -0.3 is 14.4 Å². The van der Waals surface area contributed by atoms with E-state index in [0.717, 1.165) is 4.90 Å². The van der Waals surface area contributed by atoms with Gasteiger partial charge in [0.1, 0.15) is 30.1 Å². The highest BCUT2D eigenvalue weighted by molar-refractivity contribution is 8.00. The number of amides is 1. The molecule has 0 radical (unpaired) electrons. The van der Waals surface area contributed by atoms with E-state index in [1.807, 2.05) is 0 Å². The van der Waals surface area contributed by atoms with Crippen LogP contribution in [-0.2, 0) is 9.53 Å². The number of morpholine rings is 1. The number of carbonyl (C=O) groups excluding carboxylic acids is 2. The van der Waals surface area contributed by atoms with E-state index in [1.165, 1.54) is 49.0 Å². The molecule has 1 aliphatic rings. The zero-order chi connectivity index (χ0) is 23.4. The van der Waals surface area contributed by atoms with Gasteiger partial charge in [-0.25, -0.2) is 8.78 Å². The fraction of sp³-hybridized carbons (Fsp3) is 0.292. The molecule has 0 N–H and O–H groups in total. The van der Waals surface area contributed by atoms with Crippen molar-refractivity contribution in [2.24, 2.45) is 0 Å². The average Bonchev–Trinajstić information content (AvgIpc) is 2.81. The molecule has 6 nitrogen and oxygen atoms in total. The number of nitrogens with zero attached hydrogens (tertiary/aromatic N) is 2. The maximum Gasteiger partial charge on any atom is 0.233 e. The molecule has 1 unspecified atom stereocenters. The third-order valence-electron chi connectivity index (χ3n) is 5.26. The minimum absolute atomic E-state index is 0.00949. The Hall–Kier alpha value is -3.04. The number of hydrogen-bond acceptors (Lipinski definition) is 6. The van der Waals surface area contributed by atoms with Crippen LogP contribution in [0.1, 0.15) is 17.3 Å². The SMILES string of the molecule is CC(=O)c1ccc(OCC2CN(C(=O)CSc3ccnc4ccc(F)cc34)CCO2)cc1F. The van der Waals surface area contributed by atoms with Crippen molar-refractivity contribution in [3.63, 3.8) is 0 Å². The Labute approximate surface area is 193 Å². The molecule has 2 aromatic carbocycles. The number of rotatable bonds is 7.